The standard InChI is InChI=1S/C9H8N4/c1-6-7-4-5-8(10-2)11-9(7)13(3)12-6/h4-5H,1,3H3. The lowest BCUT2D eigenvalue weighted by Crippen LogP contribution is -1.91. The number of aryl methyl sites for hydroxylation is 2. The van der Waals surface area contributed by atoms with Crippen LogP contribution in [-0.2, 0) is 7.05 Å². The molecule has 13 heavy (non-hydrogen) atoms. The molecule has 0 radical (unpaired) electrons. The Balaban J connectivity index is 2.86. The molecule has 0 saturated carbocycles. The lowest BCUT2D eigenvalue weighted by Gasteiger charge is -1.89. The lowest BCUT2D eigenvalue weighted by molar-refractivity contribution is 0.774. The maximum atomic E-state index is 6.83. The number of nitrogens with zero attached hydrogens (tertiary/aromatic N) is 4. The van der Waals surface area contributed by atoms with E-state index in [0.717, 1.165) is 16.7 Å². The zero-order valence-electron chi connectivity index (χ0n) is 7.44. The number of aromatic nitrogens is 3. The molecule has 0 fully saturated rings. The molecule has 0 unspecified atom stereocenters. The summed E-state index contributed by atoms with van der Waals surface area (Å²) in [6.45, 7) is 8.76. The molecule has 0 N–H and O–H groups in total. The van der Waals surface area contributed by atoms with E-state index in [4.69, 9.17) is 6.57 Å². The maximum absolute atomic E-state index is 6.83. The van der Waals surface area contributed by atoms with Crippen LogP contribution in [0.5, 0.6) is 0 Å². The van der Waals surface area contributed by atoms with Crippen molar-refractivity contribution < 1.29 is 0 Å². The molecule has 0 spiro atoms. The van der Waals surface area contributed by atoms with E-state index in [9.17, 15) is 0 Å². The summed E-state index contributed by atoms with van der Waals surface area (Å²) < 4.78 is 1.69. The fraction of sp³-hybridized carbons (Fsp3) is 0.222. The summed E-state index contributed by atoms with van der Waals surface area (Å²) in [6, 6.07) is 3.60. The van der Waals surface area contributed by atoms with Crippen LogP contribution in [0.15, 0.2) is 12.1 Å². The highest BCUT2D eigenvalue weighted by atomic mass is 15.3. The van der Waals surface area contributed by atoms with Gasteiger partial charge in [0.15, 0.2) is 0 Å². The summed E-state index contributed by atoms with van der Waals surface area (Å²) in [6.07, 6.45) is 0. The van der Waals surface area contributed by atoms with Crippen molar-refractivity contribution in [2.75, 3.05) is 0 Å². The van der Waals surface area contributed by atoms with E-state index in [1.54, 1.807) is 10.7 Å². The van der Waals surface area contributed by atoms with Gasteiger partial charge in [-0.1, -0.05) is 17.6 Å². The van der Waals surface area contributed by atoms with Crippen molar-refractivity contribution in [1.29, 1.82) is 0 Å². The van der Waals surface area contributed by atoms with Gasteiger partial charge in [-0.25, -0.2) is 4.68 Å². The molecule has 0 saturated heterocycles. The Kier molecular flexibility index (Phi) is 1.52. The molecular formula is C9H8N4. The third-order valence-corrected chi connectivity index (χ3v) is 1.97. The van der Waals surface area contributed by atoms with Gasteiger partial charge in [0.1, 0.15) is 0 Å². The SMILES string of the molecule is [C-]#[N+]c1ccc2c(C)nn(C)c2n1. The quantitative estimate of drug-likeness (QED) is 0.568. The molecule has 2 aromatic rings. The van der Waals surface area contributed by atoms with Crippen molar-refractivity contribution in [1.82, 2.24) is 14.8 Å². The minimum atomic E-state index is 0.413. The first kappa shape index (κ1) is 7.74. The molecule has 0 bridgehead atoms. The van der Waals surface area contributed by atoms with Crippen LogP contribution in [0.4, 0.5) is 5.82 Å². The van der Waals surface area contributed by atoms with E-state index in [1.807, 2.05) is 20.0 Å². The summed E-state index contributed by atoms with van der Waals surface area (Å²) in [5, 5.41) is 5.23. The minimum Gasteiger partial charge on any atom is -0.361 e. The molecule has 0 aliphatic carbocycles. The Bertz CT molecular complexity index is 504. The molecule has 4 nitrogen and oxygen atoms in total. The largest absolute Gasteiger partial charge is 0.361 e. The summed E-state index contributed by atoms with van der Waals surface area (Å²) in [7, 11) is 1.83. The first-order valence-electron chi connectivity index (χ1n) is 3.90. The van der Waals surface area contributed by atoms with Gasteiger partial charge in [0.2, 0.25) is 0 Å². The molecule has 2 aromatic heterocycles. The van der Waals surface area contributed by atoms with Gasteiger partial charge in [0.05, 0.1) is 11.1 Å². The molecule has 0 atom stereocenters. The van der Waals surface area contributed by atoms with Crippen molar-refractivity contribution in [3.8, 4) is 0 Å². The smallest absolute Gasteiger partial charge is 0.271 e. The third-order valence-electron chi connectivity index (χ3n) is 1.97. The molecule has 2 heterocycles. The fourth-order valence-corrected chi connectivity index (χ4v) is 1.36. The summed E-state index contributed by atoms with van der Waals surface area (Å²) in [4.78, 5) is 7.43. The molecule has 0 aromatic carbocycles. The average molecular weight is 172 g/mol. The van der Waals surface area contributed by atoms with E-state index < -0.39 is 0 Å². The van der Waals surface area contributed by atoms with Crippen LogP contribution in [0.3, 0.4) is 0 Å². The summed E-state index contributed by atoms with van der Waals surface area (Å²) in [5.74, 6) is 0.413. The van der Waals surface area contributed by atoms with Gasteiger partial charge in [-0.2, -0.15) is 5.10 Å². The molecule has 0 aliphatic rings. The number of pyridine rings is 1. The average Bonchev–Trinajstić information content (AvgIpc) is 2.42. The fourth-order valence-electron chi connectivity index (χ4n) is 1.36. The second-order valence-corrected chi connectivity index (χ2v) is 2.86. The number of rotatable bonds is 0. The van der Waals surface area contributed by atoms with E-state index in [1.165, 1.54) is 0 Å². The van der Waals surface area contributed by atoms with Crippen molar-refractivity contribution in [2.24, 2.45) is 7.05 Å². The van der Waals surface area contributed by atoms with Gasteiger partial charge in [-0.15, -0.1) is 0 Å². The van der Waals surface area contributed by atoms with Gasteiger partial charge >= 0.3 is 0 Å². The second-order valence-electron chi connectivity index (χ2n) is 2.86. The summed E-state index contributed by atoms with van der Waals surface area (Å²) >= 11 is 0. The van der Waals surface area contributed by atoms with Crippen molar-refractivity contribution >= 4 is 16.9 Å². The van der Waals surface area contributed by atoms with Crippen LogP contribution in [0.2, 0.25) is 0 Å². The minimum absolute atomic E-state index is 0.413. The molecular weight excluding hydrogens is 164 g/mol. The molecule has 0 amide bonds. The monoisotopic (exact) mass is 172 g/mol. The van der Waals surface area contributed by atoms with Crippen LogP contribution in [0.25, 0.3) is 15.9 Å². The van der Waals surface area contributed by atoms with E-state index in [2.05, 4.69) is 14.9 Å². The van der Waals surface area contributed by atoms with Crippen LogP contribution in [-0.4, -0.2) is 14.8 Å². The van der Waals surface area contributed by atoms with Gasteiger partial charge < -0.3 is 4.85 Å². The molecule has 64 valence electrons. The third kappa shape index (κ3) is 1.05. The molecule has 0 aliphatic heterocycles. The van der Waals surface area contributed by atoms with E-state index in [0.29, 0.717) is 5.82 Å². The molecule has 2 rings (SSSR count). The Hall–Kier alpha value is -1.89. The van der Waals surface area contributed by atoms with E-state index in [-0.39, 0.29) is 0 Å². The predicted octanol–water partition coefficient (Wildman–Crippen LogP) is 1.83. The first-order valence-corrected chi connectivity index (χ1v) is 3.90. The van der Waals surface area contributed by atoms with Gasteiger partial charge in [-0.3, -0.25) is 0 Å². The number of hydrogen-bond acceptors (Lipinski definition) is 2. The lowest BCUT2D eigenvalue weighted by atomic mass is 10.3. The summed E-state index contributed by atoms with van der Waals surface area (Å²) in [5.41, 5.74) is 1.72. The Morgan fingerprint density at radius 1 is 1.46 bits per heavy atom. The highest BCUT2D eigenvalue weighted by Gasteiger charge is 2.09. The van der Waals surface area contributed by atoms with Crippen LogP contribution < -0.4 is 0 Å². The molecule has 4 heteroatoms. The highest BCUT2D eigenvalue weighted by Crippen LogP contribution is 2.18. The first-order chi connectivity index (χ1) is 6.22. The highest BCUT2D eigenvalue weighted by molar-refractivity contribution is 5.79. The van der Waals surface area contributed by atoms with Gasteiger partial charge in [0.25, 0.3) is 11.5 Å². The maximum Gasteiger partial charge on any atom is 0.271 e. The normalized spacial score (nSPS) is 10.2. The van der Waals surface area contributed by atoms with Gasteiger partial charge in [0, 0.05) is 7.05 Å². The second kappa shape index (κ2) is 2.56. The van der Waals surface area contributed by atoms with Crippen molar-refractivity contribution in [3.63, 3.8) is 0 Å². The van der Waals surface area contributed by atoms with E-state index >= 15 is 0 Å². The number of fused-ring (bicyclic) bond motifs is 1. The number of hydrogen-bond donors (Lipinski definition) is 0. The van der Waals surface area contributed by atoms with Crippen LogP contribution >= 0.6 is 0 Å². The van der Waals surface area contributed by atoms with Crippen molar-refractivity contribution in [2.45, 2.75) is 6.92 Å². The van der Waals surface area contributed by atoms with Crippen LogP contribution in [0.1, 0.15) is 5.69 Å². The Labute approximate surface area is 75.6 Å². The predicted molar refractivity (Wildman–Crippen MR) is 49.5 cm³/mol. The van der Waals surface area contributed by atoms with Crippen molar-refractivity contribution in [3.05, 3.63) is 29.2 Å². The van der Waals surface area contributed by atoms with Crippen LogP contribution in [0, 0.1) is 13.5 Å². The zero-order chi connectivity index (χ0) is 9.42. The topological polar surface area (TPSA) is 35.1 Å². The van der Waals surface area contributed by atoms with Gasteiger partial charge in [-0.05, 0) is 13.0 Å². The Morgan fingerprint density at radius 3 is 2.92 bits per heavy atom. The zero-order valence-corrected chi connectivity index (χ0v) is 7.44. The Morgan fingerprint density at radius 2 is 2.23 bits per heavy atom.